The van der Waals surface area contributed by atoms with Gasteiger partial charge in [0.25, 0.3) is 11.1 Å². The summed E-state index contributed by atoms with van der Waals surface area (Å²) in [5.74, 6) is 0. The lowest BCUT2D eigenvalue weighted by molar-refractivity contribution is 0.705. The second-order valence-electron chi connectivity index (χ2n) is 6.64. The van der Waals surface area contributed by atoms with Gasteiger partial charge in [-0.3, -0.25) is 27.9 Å². The van der Waals surface area contributed by atoms with Crippen molar-refractivity contribution in [3.8, 4) is 0 Å². The molecule has 0 aliphatic rings. The summed E-state index contributed by atoms with van der Waals surface area (Å²) < 4.78 is 9.09. The number of hydrogen-bond acceptors (Lipinski definition) is 6. The first-order valence-corrected chi connectivity index (χ1v) is 10.0. The minimum absolute atomic E-state index is 0.339. The van der Waals surface area contributed by atoms with E-state index in [-0.39, 0.29) is 22.5 Å². The van der Waals surface area contributed by atoms with Crippen LogP contribution in [0.1, 0.15) is 0 Å². The maximum absolute atomic E-state index is 11.8. The highest BCUT2D eigenvalue weighted by molar-refractivity contribution is 9.10. The third-order valence-corrected chi connectivity index (χ3v) is 6.26. The smallest absolute Gasteiger partial charge is 0.316 e. The van der Waals surface area contributed by atoms with E-state index >= 15 is 0 Å². The molecule has 0 saturated heterocycles. The number of hydrogen-bond donors (Lipinski definition) is 0. The van der Waals surface area contributed by atoms with Gasteiger partial charge in [-0.1, -0.05) is 0 Å². The zero-order chi connectivity index (χ0) is 22.7. The fourth-order valence-electron chi connectivity index (χ4n) is 2.98. The highest BCUT2D eigenvalue weighted by Gasteiger charge is 2.16. The van der Waals surface area contributed by atoms with Gasteiger partial charge in [0.05, 0.1) is 0 Å². The largest absolute Gasteiger partial charge is 0.332 e. The van der Waals surface area contributed by atoms with Crippen molar-refractivity contribution in [3.63, 3.8) is 0 Å². The Hall–Kier alpha value is -2.74. The molecular formula is C16H18Br2N8O4. The SMILES string of the molecule is Cn1c(=O)c2c(nc(Br)n2C)n(C)c1=O.Cn1c(=O)c2c(nc(Br)n2C)n(C)c1=O. The number of aryl methyl sites for hydroxylation is 4. The molecule has 0 spiro atoms. The third-order valence-electron chi connectivity index (χ3n) is 4.84. The summed E-state index contributed by atoms with van der Waals surface area (Å²) in [7, 11) is 9.50. The summed E-state index contributed by atoms with van der Waals surface area (Å²) >= 11 is 6.43. The molecular weight excluding hydrogens is 528 g/mol. The number of rotatable bonds is 0. The van der Waals surface area contributed by atoms with Crippen LogP contribution in [0, 0.1) is 0 Å². The van der Waals surface area contributed by atoms with Crippen LogP contribution in [0.25, 0.3) is 22.3 Å². The maximum Gasteiger partial charge on any atom is 0.332 e. The summed E-state index contributed by atoms with van der Waals surface area (Å²) in [6.07, 6.45) is 0. The van der Waals surface area contributed by atoms with Crippen LogP contribution < -0.4 is 22.5 Å². The first-order valence-electron chi connectivity index (χ1n) is 8.46. The lowest BCUT2D eigenvalue weighted by atomic mass is 10.5. The fourth-order valence-corrected chi connectivity index (χ4v) is 3.67. The lowest BCUT2D eigenvalue weighted by Gasteiger charge is -2.02. The minimum Gasteiger partial charge on any atom is -0.316 e. The Kier molecular flexibility index (Phi) is 5.49. The van der Waals surface area contributed by atoms with Gasteiger partial charge in [0.2, 0.25) is 0 Å². The summed E-state index contributed by atoms with van der Waals surface area (Å²) in [6.45, 7) is 0. The van der Waals surface area contributed by atoms with Gasteiger partial charge < -0.3 is 9.13 Å². The van der Waals surface area contributed by atoms with Gasteiger partial charge in [-0.05, 0) is 31.9 Å². The van der Waals surface area contributed by atoms with Gasteiger partial charge in [-0.2, -0.15) is 0 Å². The van der Waals surface area contributed by atoms with E-state index in [2.05, 4.69) is 41.8 Å². The second kappa shape index (κ2) is 7.50. The van der Waals surface area contributed by atoms with Crippen molar-refractivity contribution in [2.24, 2.45) is 42.3 Å². The Balaban J connectivity index is 0.000000171. The molecule has 0 bridgehead atoms. The predicted octanol–water partition coefficient (Wildman–Crippen LogP) is -0.534. The minimum atomic E-state index is -0.377. The van der Waals surface area contributed by atoms with E-state index < -0.39 is 0 Å². The number of nitrogens with zero attached hydrogens (tertiary/aromatic N) is 8. The van der Waals surface area contributed by atoms with Gasteiger partial charge in [0.15, 0.2) is 31.8 Å². The molecule has 0 radical (unpaired) electrons. The summed E-state index contributed by atoms with van der Waals surface area (Å²) in [5.41, 5.74) is 0.159. The van der Waals surface area contributed by atoms with E-state index in [0.717, 1.165) is 9.13 Å². The quantitative estimate of drug-likeness (QED) is 0.274. The van der Waals surface area contributed by atoms with Crippen LogP contribution in [-0.2, 0) is 42.3 Å². The Labute approximate surface area is 184 Å². The molecule has 0 aromatic carbocycles. The molecule has 0 atom stereocenters. The lowest BCUT2D eigenvalue weighted by Crippen LogP contribution is -2.37. The fraction of sp³-hybridized carbons (Fsp3) is 0.375. The first kappa shape index (κ1) is 22.0. The van der Waals surface area contributed by atoms with Gasteiger partial charge in [0.1, 0.15) is 0 Å². The zero-order valence-corrected chi connectivity index (χ0v) is 20.1. The summed E-state index contributed by atoms with van der Waals surface area (Å²) in [4.78, 5) is 55.0. The van der Waals surface area contributed by atoms with Crippen LogP contribution in [0.3, 0.4) is 0 Å². The van der Waals surface area contributed by atoms with Crippen LogP contribution in [0.2, 0.25) is 0 Å². The van der Waals surface area contributed by atoms with E-state index in [1.807, 2.05) is 0 Å². The van der Waals surface area contributed by atoms with Gasteiger partial charge in [-0.15, -0.1) is 0 Å². The van der Waals surface area contributed by atoms with Crippen LogP contribution in [-0.4, -0.2) is 37.4 Å². The van der Waals surface area contributed by atoms with Crippen molar-refractivity contribution >= 4 is 54.2 Å². The van der Waals surface area contributed by atoms with Gasteiger partial charge in [0, 0.05) is 42.3 Å². The van der Waals surface area contributed by atoms with Crippen molar-refractivity contribution in [2.75, 3.05) is 0 Å². The highest BCUT2D eigenvalue weighted by atomic mass is 79.9. The number of imidazole rings is 2. The molecule has 4 aromatic rings. The molecule has 0 aliphatic carbocycles. The molecule has 4 rings (SSSR count). The monoisotopic (exact) mass is 544 g/mol. The third kappa shape index (κ3) is 3.10. The molecule has 4 heterocycles. The molecule has 30 heavy (non-hydrogen) atoms. The highest BCUT2D eigenvalue weighted by Crippen LogP contribution is 2.14. The van der Waals surface area contributed by atoms with Crippen molar-refractivity contribution in [2.45, 2.75) is 0 Å². The topological polar surface area (TPSA) is 124 Å². The molecule has 14 heteroatoms. The average molecular weight is 546 g/mol. The molecule has 0 N–H and O–H groups in total. The second-order valence-corrected chi connectivity index (χ2v) is 8.05. The zero-order valence-electron chi connectivity index (χ0n) is 17.0. The maximum atomic E-state index is 11.8. The Morgan fingerprint density at radius 3 is 1.13 bits per heavy atom. The van der Waals surface area contributed by atoms with Crippen LogP contribution in [0.4, 0.5) is 0 Å². The summed E-state index contributed by atoms with van der Waals surface area (Å²) in [6, 6.07) is 0. The summed E-state index contributed by atoms with van der Waals surface area (Å²) in [5, 5.41) is 0. The van der Waals surface area contributed by atoms with Crippen LogP contribution >= 0.6 is 31.9 Å². The Morgan fingerprint density at radius 1 is 0.533 bits per heavy atom. The number of halogens is 2. The Bertz CT molecular complexity index is 1450. The van der Waals surface area contributed by atoms with Crippen molar-refractivity contribution in [1.29, 1.82) is 0 Å². The molecule has 0 fully saturated rings. The predicted molar refractivity (Wildman–Crippen MR) is 118 cm³/mol. The molecule has 4 aromatic heterocycles. The molecule has 12 nitrogen and oxygen atoms in total. The van der Waals surface area contributed by atoms with Crippen LogP contribution in [0.15, 0.2) is 28.6 Å². The molecule has 0 saturated carbocycles. The molecule has 0 amide bonds. The van der Waals surface area contributed by atoms with E-state index in [4.69, 9.17) is 0 Å². The number of fused-ring (bicyclic) bond motifs is 2. The average Bonchev–Trinajstić information content (AvgIpc) is 3.18. The molecule has 0 unspecified atom stereocenters. The van der Waals surface area contributed by atoms with Crippen molar-refractivity contribution < 1.29 is 0 Å². The van der Waals surface area contributed by atoms with Crippen molar-refractivity contribution in [3.05, 3.63) is 51.1 Å². The normalized spacial score (nSPS) is 11.2. The van der Waals surface area contributed by atoms with E-state index in [1.165, 1.54) is 23.2 Å². The van der Waals surface area contributed by atoms with Gasteiger partial charge >= 0.3 is 11.4 Å². The van der Waals surface area contributed by atoms with Crippen molar-refractivity contribution in [1.82, 2.24) is 37.4 Å². The van der Waals surface area contributed by atoms with Crippen LogP contribution in [0.5, 0.6) is 0 Å². The molecule has 160 valence electrons. The first-order chi connectivity index (χ1) is 13.9. The van der Waals surface area contributed by atoms with Gasteiger partial charge in [-0.25, -0.2) is 19.6 Å². The van der Waals surface area contributed by atoms with E-state index in [1.54, 1.807) is 37.3 Å². The van der Waals surface area contributed by atoms with E-state index in [9.17, 15) is 19.2 Å². The number of aromatic nitrogens is 8. The van der Waals surface area contributed by atoms with E-state index in [0.29, 0.717) is 31.8 Å². The standard InChI is InChI=1S/2C8H9BrN4O2/c2*1-11-4-5(10-7(11)9)12(2)8(15)13(3)6(4)14/h2*1-3H3. The molecule has 0 aliphatic heterocycles. The Morgan fingerprint density at radius 2 is 0.833 bits per heavy atom.